The number of nitrogens with one attached hydrogen (secondary N) is 1. The fraction of sp³-hybridized carbons (Fsp3) is 0.444. The van der Waals surface area contributed by atoms with E-state index in [2.05, 4.69) is 10.3 Å². The molecule has 0 atom stereocenters. The Morgan fingerprint density at radius 2 is 2.00 bits per heavy atom. The Bertz CT molecular complexity index is 249. The molecule has 0 aromatic carbocycles. The molecular formula is C9H16N4. The molecule has 13 heavy (non-hydrogen) atoms. The highest BCUT2D eigenvalue weighted by molar-refractivity contribution is 5.10. The predicted molar refractivity (Wildman–Crippen MR) is 52.9 cm³/mol. The molecule has 0 bridgehead atoms. The number of hydrogen-bond donors (Lipinski definition) is 3. The molecule has 1 heterocycles. The summed E-state index contributed by atoms with van der Waals surface area (Å²) in [5.41, 5.74) is 12.8. The van der Waals surface area contributed by atoms with Crippen molar-refractivity contribution in [3.8, 4) is 0 Å². The second-order valence-electron chi connectivity index (χ2n) is 2.79. The highest BCUT2D eigenvalue weighted by Crippen LogP contribution is 1.97. The van der Waals surface area contributed by atoms with Gasteiger partial charge in [-0.25, -0.2) is 0 Å². The van der Waals surface area contributed by atoms with E-state index in [1.54, 1.807) is 0 Å². The lowest BCUT2D eigenvalue weighted by atomic mass is 10.3. The molecule has 1 aromatic heterocycles. The van der Waals surface area contributed by atoms with Crippen LogP contribution in [0.5, 0.6) is 0 Å². The van der Waals surface area contributed by atoms with Crippen LogP contribution in [0.1, 0.15) is 11.4 Å². The van der Waals surface area contributed by atoms with Crippen molar-refractivity contribution >= 4 is 0 Å². The van der Waals surface area contributed by atoms with Crippen molar-refractivity contribution in [2.75, 3.05) is 13.1 Å². The summed E-state index contributed by atoms with van der Waals surface area (Å²) < 4.78 is 0. The van der Waals surface area contributed by atoms with Gasteiger partial charge in [0.05, 0.1) is 11.4 Å². The Balaban J connectivity index is 2.46. The van der Waals surface area contributed by atoms with Gasteiger partial charge in [-0.1, -0.05) is 6.07 Å². The van der Waals surface area contributed by atoms with Crippen molar-refractivity contribution in [2.24, 2.45) is 11.5 Å². The van der Waals surface area contributed by atoms with Gasteiger partial charge in [0.1, 0.15) is 0 Å². The third-order valence-electron chi connectivity index (χ3n) is 1.70. The van der Waals surface area contributed by atoms with Gasteiger partial charge < -0.3 is 16.8 Å². The molecule has 0 radical (unpaired) electrons. The van der Waals surface area contributed by atoms with Crippen LogP contribution in [0.15, 0.2) is 18.2 Å². The molecule has 0 spiro atoms. The molecule has 4 nitrogen and oxygen atoms in total. The zero-order chi connectivity index (χ0) is 9.52. The average molecular weight is 180 g/mol. The van der Waals surface area contributed by atoms with Gasteiger partial charge in [0.15, 0.2) is 0 Å². The molecule has 4 heteroatoms. The van der Waals surface area contributed by atoms with Gasteiger partial charge in [-0.15, -0.1) is 0 Å². The quantitative estimate of drug-likeness (QED) is 0.538. The van der Waals surface area contributed by atoms with E-state index in [-0.39, 0.29) is 0 Å². The van der Waals surface area contributed by atoms with E-state index in [4.69, 9.17) is 11.5 Å². The fourth-order valence-electron chi connectivity index (χ4n) is 1.06. The SMILES string of the molecule is NCCNCc1cccc(CN)n1. The largest absolute Gasteiger partial charge is 0.329 e. The lowest BCUT2D eigenvalue weighted by Crippen LogP contribution is -2.22. The van der Waals surface area contributed by atoms with Crippen molar-refractivity contribution in [1.29, 1.82) is 0 Å². The Morgan fingerprint density at radius 1 is 1.23 bits per heavy atom. The topological polar surface area (TPSA) is 77.0 Å². The van der Waals surface area contributed by atoms with E-state index in [1.807, 2.05) is 18.2 Å². The number of rotatable bonds is 5. The van der Waals surface area contributed by atoms with Crippen molar-refractivity contribution in [3.05, 3.63) is 29.6 Å². The van der Waals surface area contributed by atoms with E-state index >= 15 is 0 Å². The first-order chi connectivity index (χ1) is 6.36. The van der Waals surface area contributed by atoms with E-state index < -0.39 is 0 Å². The summed E-state index contributed by atoms with van der Waals surface area (Å²) in [4.78, 5) is 4.33. The molecule has 5 N–H and O–H groups in total. The van der Waals surface area contributed by atoms with Crippen LogP contribution in [-0.4, -0.2) is 18.1 Å². The van der Waals surface area contributed by atoms with Crippen LogP contribution in [0.4, 0.5) is 0 Å². The monoisotopic (exact) mass is 180 g/mol. The van der Waals surface area contributed by atoms with Gasteiger partial charge in [0.2, 0.25) is 0 Å². The van der Waals surface area contributed by atoms with Crippen LogP contribution < -0.4 is 16.8 Å². The summed E-state index contributed by atoms with van der Waals surface area (Å²) in [7, 11) is 0. The van der Waals surface area contributed by atoms with Crippen LogP contribution in [-0.2, 0) is 13.1 Å². The predicted octanol–water partition coefficient (Wildman–Crippen LogP) is -0.411. The maximum Gasteiger partial charge on any atom is 0.0545 e. The first kappa shape index (κ1) is 10.1. The lowest BCUT2D eigenvalue weighted by Gasteiger charge is -2.03. The number of pyridine rings is 1. The number of nitrogens with two attached hydrogens (primary N) is 2. The first-order valence-corrected chi connectivity index (χ1v) is 4.42. The second-order valence-corrected chi connectivity index (χ2v) is 2.79. The van der Waals surface area contributed by atoms with Gasteiger partial charge in [-0.05, 0) is 12.1 Å². The minimum Gasteiger partial charge on any atom is -0.329 e. The van der Waals surface area contributed by atoms with Crippen molar-refractivity contribution in [3.63, 3.8) is 0 Å². The van der Waals surface area contributed by atoms with Gasteiger partial charge in [-0.2, -0.15) is 0 Å². The molecule has 0 aliphatic rings. The minimum atomic E-state index is 0.491. The summed E-state index contributed by atoms with van der Waals surface area (Å²) >= 11 is 0. The van der Waals surface area contributed by atoms with Crippen LogP contribution >= 0.6 is 0 Å². The van der Waals surface area contributed by atoms with Gasteiger partial charge in [0, 0.05) is 26.2 Å². The third-order valence-corrected chi connectivity index (χ3v) is 1.70. The highest BCUT2D eigenvalue weighted by Gasteiger charge is 1.94. The van der Waals surface area contributed by atoms with E-state index in [9.17, 15) is 0 Å². The van der Waals surface area contributed by atoms with Crippen molar-refractivity contribution in [2.45, 2.75) is 13.1 Å². The summed E-state index contributed by atoms with van der Waals surface area (Å²) in [6, 6.07) is 5.86. The Labute approximate surface area is 78.3 Å². The Hall–Kier alpha value is -0.970. The van der Waals surface area contributed by atoms with Crippen molar-refractivity contribution in [1.82, 2.24) is 10.3 Å². The lowest BCUT2D eigenvalue weighted by molar-refractivity contribution is 0.679. The number of nitrogens with zero attached hydrogens (tertiary/aromatic N) is 1. The van der Waals surface area contributed by atoms with Gasteiger partial charge >= 0.3 is 0 Å². The Morgan fingerprint density at radius 3 is 2.69 bits per heavy atom. The van der Waals surface area contributed by atoms with E-state index in [0.717, 1.165) is 24.5 Å². The van der Waals surface area contributed by atoms with E-state index in [0.29, 0.717) is 13.1 Å². The molecule has 1 aromatic rings. The molecular weight excluding hydrogens is 164 g/mol. The zero-order valence-corrected chi connectivity index (χ0v) is 7.66. The molecule has 0 fully saturated rings. The van der Waals surface area contributed by atoms with Crippen LogP contribution in [0.3, 0.4) is 0 Å². The number of aromatic nitrogens is 1. The van der Waals surface area contributed by atoms with Crippen molar-refractivity contribution < 1.29 is 0 Å². The molecule has 0 unspecified atom stereocenters. The zero-order valence-electron chi connectivity index (χ0n) is 7.66. The summed E-state index contributed by atoms with van der Waals surface area (Å²) in [6.07, 6.45) is 0. The summed E-state index contributed by atoms with van der Waals surface area (Å²) in [6.45, 7) is 2.71. The second kappa shape index (κ2) is 5.64. The maximum absolute atomic E-state index is 5.47. The normalized spacial score (nSPS) is 10.3. The smallest absolute Gasteiger partial charge is 0.0545 e. The molecule has 0 aliphatic heterocycles. The summed E-state index contributed by atoms with van der Waals surface area (Å²) in [5, 5.41) is 3.17. The summed E-state index contributed by atoms with van der Waals surface area (Å²) in [5.74, 6) is 0. The molecule has 0 saturated carbocycles. The number of hydrogen-bond acceptors (Lipinski definition) is 4. The van der Waals surface area contributed by atoms with Crippen LogP contribution in [0, 0.1) is 0 Å². The first-order valence-electron chi connectivity index (χ1n) is 4.42. The molecule has 0 aliphatic carbocycles. The standard InChI is InChI=1S/C9H16N4/c10-4-5-12-7-9-3-1-2-8(6-11)13-9/h1-3,12H,4-7,10-11H2. The van der Waals surface area contributed by atoms with E-state index in [1.165, 1.54) is 0 Å². The molecule has 0 saturated heterocycles. The third kappa shape index (κ3) is 3.50. The maximum atomic E-state index is 5.47. The fourth-order valence-corrected chi connectivity index (χ4v) is 1.06. The van der Waals surface area contributed by atoms with Gasteiger partial charge in [-0.3, -0.25) is 4.98 Å². The van der Waals surface area contributed by atoms with Crippen LogP contribution in [0.25, 0.3) is 0 Å². The highest BCUT2D eigenvalue weighted by atomic mass is 14.9. The Kier molecular flexibility index (Phi) is 4.39. The molecule has 1 rings (SSSR count). The van der Waals surface area contributed by atoms with Crippen LogP contribution in [0.2, 0.25) is 0 Å². The molecule has 72 valence electrons. The van der Waals surface area contributed by atoms with Gasteiger partial charge in [0.25, 0.3) is 0 Å². The average Bonchev–Trinajstić information content (AvgIpc) is 2.19. The molecule has 0 amide bonds. The minimum absolute atomic E-state index is 0.491.